The molecule has 1 fully saturated rings. The topological polar surface area (TPSA) is 70.1 Å². The van der Waals surface area contributed by atoms with E-state index in [1.54, 1.807) is 4.90 Å². The molecule has 1 saturated heterocycles. The largest absolute Gasteiger partial charge is 0.465 e. The van der Waals surface area contributed by atoms with Gasteiger partial charge < -0.3 is 14.7 Å². The highest BCUT2D eigenvalue weighted by molar-refractivity contribution is 5.91. The lowest BCUT2D eigenvalue weighted by molar-refractivity contribution is 0.106. The molecule has 6 heteroatoms. The van der Waals surface area contributed by atoms with E-state index >= 15 is 0 Å². The number of hydrogen-bond acceptors (Lipinski definition) is 3. The van der Waals surface area contributed by atoms with Crippen molar-refractivity contribution in [2.75, 3.05) is 18.0 Å². The van der Waals surface area contributed by atoms with Gasteiger partial charge in [0.15, 0.2) is 0 Å². The number of rotatable bonds is 1. The molecule has 2 amide bonds. The number of carbonyl (C=O) groups is 2. The van der Waals surface area contributed by atoms with Crippen LogP contribution in [0.4, 0.5) is 15.3 Å². The van der Waals surface area contributed by atoms with E-state index in [0.717, 1.165) is 11.3 Å². The number of para-hydroxylation sites is 1. The van der Waals surface area contributed by atoms with E-state index in [1.165, 1.54) is 4.90 Å². The van der Waals surface area contributed by atoms with E-state index < -0.39 is 6.09 Å². The van der Waals surface area contributed by atoms with Gasteiger partial charge in [-0.05, 0) is 18.4 Å². The molecule has 0 saturated carbocycles. The summed E-state index contributed by atoms with van der Waals surface area (Å²) in [5.41, 5.74) is 1.87. The minimum Gasteiger partial charge on any atom is -0.465 e. The number of ether oxygens (including phenoxy) is 1. The zero-order chi connectivity index (χ0) is 15.0. The van der Waals surface area contributed by atoms with Crippen molar-refractivity contribution in [3.63, 3.8) is 0 Å². The molecule has 112 valence electrons. The molecule has 3 rings (SSSR count). The molecule has 6 nitrogen and oxygen atoms in total. The van der Waals surface area contributed by atoms with Crippen LogP contribution in [0.25, 0.3) is 0 Å². The van der Waals surface area contributed by atoms with Crippen LogP contribution in [0.1, 0.15) is 18.9 Å². The van der Waals surface area contributed by atoms with Crippen LogP contribution in [0.5, 0.6) is 0 Å². The Labute approximate surface area is 122 Å². The summed E-state index contributed by atoms with van der Waals surface area (Å²) >= 11 is 0. The molecule has 0 spiro atoms. The van der Waals surface area contributed by atoms with Gasteiger partial charge in [-0.15, -0.1) is 0 Å². The van der Waals surface area contributed by atoms with Crippen LogP contribution in [-0.2, 0) is 11.3 Å². The highest BCUT2D eigenvalue weighted by Crippen LogP contribution is 2.33. The van der Waals surface area contributed by atoms with Crippen molar-refractivity contribution in [1.82, 2.24) is 4.90 Å². The number of piperidine rings is 1. The van der Waals surface area contributed by atoms with Crippen LogP contribution < -0.4 is 4.90 Å². The van der Waals surface area contributed by atoms with Gasteiger partial charge in [-0.3, -0.25) is 4.90 Å². The van der Waals surface area contributed by atoms with Gasteiger partial charge in [-0.2, -0.15) is 0 Å². The fourth-order valence-electron chi connectivity index (χ4n) is 3.18. The van der Waals surface area contributed by atoms with Crippen molar-refractivity contribution >= 4 is 17.9 Å². The number of carbonyl (C=O) groups excluding carboxylic acids is 1. The first kappa shape index (κ1) is 13.7. The number of likely N-dealkylation sites (tertiary alicyclic amines) is 1. The SMILES string of the molecule is C[C@@H]1CN(C(=O)O)CC[C@@H]1N1C(=O)OCc2ccccc21. The van der Waals surface area contributed by atoms with Crippen LogP contribution in [0.3, 0.4) is 0 Å². The Hall–Kier alpha value is -2.24. The van der Waals surface area contributed by atoms with Gasteiger partial charge >= 0.3 is 12.2 Å². The van der Waals surface area contributed by atoms with Gasteiger partial charge in [0.2, 0.25) is 0 Å². The van der Waals surface area contributed by atoms with Crippen molar-refractivity contribution in [2.45, 2.75) is 26.0 Å². The Balaban J connectivity index is 1.87. The van der Waals surface area contributed by atoms with Crippen LogP contribution in [0, 0.1) is 5.92 Å². The zero-order valence-corrected chi connectivity index (χ0v) is 11.9. The van der Waals surface area contributed by atoms with Crippen molar-refractivity contribution in [3.05, 3.63) is 29.8 Å². The summed E-state index contributed by atoms with van der Waals surface area (Å²) in [5, 5.41) is 9.08. The predicted octanol–water partition coefficient (Wildman–Crippen LogP) is 2.53. The van der Waals surface area contributed by atoms with E-state index in [-0.39, 0.29) is 18.1 Å². The molecule has 21 heavy (non-hydrogen) atoms. The molecule has 1 aromatic carbocycles. The molecule has 0 bridgehead atoms. The lowest BCUT2D eigenvalue weighted by atomic mass is 9.91. The van der Waals surface area contributed by atoms with Crippen LogP contribution >= 0.6 is 0 Å². The Bertz CT molecular complexity index is 575. The third-order valence-corrected chi connectivity index (χ3v) is 4.26. The first-order chi connectivity index (χ1) is 10.1. The Morgan fingerprint density at radius 2 is 2.14 bits per heavy atom. The number of fused-ring (bicyclic) bond motifs is 1. The lowest BCUT2D eigenvalue weighted by Crippen LogP contribution is -2.54. The average Bonchev–Trinajstić information content (AvgIpc) is 2.48. The third kappa shape index (κ3) is 2.41. The maximum Gasteiger partial charge on any atom is 0.414 e. The average molecular weight is 290 g/mol. The van der Waals surface area contributed by atoms with E-state index in [1.807, 2.05) is 31.2 Å². The van der Waals surface area contributed by atoms with Gasteiger partial charge in [0.25, 0.3) is 0 Å². The fraction of sp³-hybridized carbons (Fsp3) is 0.467. The van der Waals surface area contributed by atoms with Crippen molar-refractivity contribution in [2.24, 2.45) is 5.92 Å². The molecule has 2 atom stereocenters. The second-order valence-corrected chi connectivity index (χ2v) is 5.62. The molecule has 2 heterocycles. The zero-order valence-electron chi connectivity index (χ0n) is 11.9. The molecule has 2 aliphatic rings. The number of cyclic esters (lactones) is 1. The summed E-state index contributed by atoms with van der Waals surface area (Å²) in [6.45, 7) is 3.15. The summed E-state index contributed by atoms with van der Waals surface area (Å²) in [5.74, 6) is 0.0635. The van der Waals surface area contributed by atoms with Gasteiger partial charge in [-0.1, -0.05) is 25.1 Å². The maximum absolute atomic E-state index is 12.2. The molecule has 1 N–H and O–H groups in total. The molecule has 2 aliphatic heterocycles. The van der Waals surface area contributed by atoms with Gasteiger partial charge in [-0.25, -0.2) is 9.59 Å². The molecule has 0 aliphatic carbocycles. The first-order valence-electron chi connectivity index (χ1n) is 7.09. The van der Waals surface area contributed by atoms with Crippen LogP contribution in [0.15, 0.2) is 24.3 Å². The van der Waals surface area contributed by atoms with Crippen LogP contribution in [0.2, 0.25) is 0 Å². The molecule has 1 aromatic rings. The molecular weight excluding hydrogens is 272 g/mol. The van der Waals surface area contributed by atoms with Crippen molar-refractivity contribution in [1.29, 1.82) is 0 Å². The highest BCUT2D eigenvalue weighted by Gasteiger charge is 2.38. The number of nitrogens with zero attached hydrogens (tertiary/aromatic N) is 2. The number of carboxylic acid groups (broad SMARTS) is 1. The van der Waals surface area contributed by atoms with E-state index in [0.29, 0.717) is 26.1 Å². The monoisotopic (exact) mass is 290 g/mol. The standard InChI is InChI=1S/C15H18N2O4/c1-10-8-16(14(18)19)7-6-12(10)17-13-5-3-2-4-11(13)9-21-15(17)20/h2-5,10,12H,6-9H2,1H3,(H,18,19)/t10-,12+/m1/s1. The minimum atomic E-state index is -0.901. The molecule has 0 aromatic heterocycles. The van der Waals surface area contributed by atoms with Crippen LogP contribution in [-0.4, -0.2) is 41.3 Å². The summed E-state index contributed by atoms with van der Waals surface area (Å²) in [6, 6.07) is 7.67. The van der Waals surface area contributed by atoms with Gasteiger partial charge in [0.05, 0.1) is 5.69 Å². The number of hydrogen-bond donors (Lipinski definition) is 1. The summed E-state index contributed by atoms with van der Waals surface area (Å²) in [6.07, 6.45) is -0.618. The van der Waals surface area contributed by atoms with Crippen molar-refractivity contribution in [3.8, 4) is 0 Å². The number of anilines is 1. The second kappa shape index (κ2) is 5.27. The second-order valence-electron chi connectivity index (χ2n) is 5.62. The highest BCUT2D eigenvalue weighted by atomic mass is 16.6. The van der Waals surface area contributed by atoms with Gasteiger partial charge in [0.1, 0.15) is 6.61 Å². The van der Waals surface area contributed by atoms with Gasteiger partial charge in [0, 0.05) is 24.7 Å². The third-order valence-electron chi connectivity index (χ3n) is 4.26. The minimum absolute atomic E-state index is 0.0328. The molecule has 0 unspecified atom stereocenters. The fourth-order valence-corrected chi connectivity index (χ4v) is 3.18. The summed E-state index contributed by atoms with van der Waals surface area (Å²) < 4.78 is 5.25. The Morgan fingerprint density at radius 3 is 2.86 bits per heavy atom. The molecular formula is C15H18N2O4. The smallest absolute Gasteiger partial charge is 0.414 e. The van der Waals surface area contributed by atoms with E-state index in [4.69, 9.17) is 9.84 Å². The predicted molar refractivity (Wildman–Crippen MR) is 76.3 cm³/mol. The summed E-state index contributed by atoms with van der Waals surface area (Å²) in [7, 11) is 0. The number of amides is 2. The quantitative estimate of drug-likeness (QED) is 0.863. The Morgan fingerprint density at radius 1 is 1.38 bits per heavy atom. The normalized spacial score (nSPS) is 25.3. The lowest BCUT2D eigenvalue weighted by Gasteiger charge is -2.43. The first-order valence-corrected chi connectivity index (χ1v) is 7.09. The van der Waals surface area contributed by atoms with Crippen molar-refractivity contribution < 1.29 is 19.4 Å². The maximum atomic E-state index is 12.2. The van der Waals surface area contributed by atoms with E-state index in [9.17, 15) is 9.59 Å². The summed E-state index contributed by atoms with van der Waals surface area (Å²) in [4.78, 5) is 26.4. The van der Waals surface area contributed by atoms with E-state index in [2.05, 4.69) is 0 Å². The molecule has 0 radical (unpaired) electrons. The Kier molecular flexibility index (Phi) is 3.45. The number of benzene rings is 1.